The van der Waals surface area contributed by atoms with E-state index in [9.17, 15) is 13.2 Å². The predicted molar refractivity (Wildman–Crippen MR) is 82.3 cm³/mol. The van der Waals surface area contributed by atoms with Crippen LogP contribution in [0, 0.1) is 0 Å². The van der Waals surface area contributed by atoms with E-state index < -0.39 is 20.9 Å². The number of rotatable bonds is 2. The highest BCUT2D eigenvalue weighted by atomic mass is 32.2. The number of ether oxygens (including phenoxy) is 1. The van der Waals surface area contributed by atoms with Crippen molar-refractivity contribution in [3.05, 3.63) is 30.1 Å². The topological polar surface area (TPSA) is 79.8 Å². The second kappa shape index (κ2) is 4.99. The first kappa shape index (κ1) is 15.0. The van der Waals surface area contributed by atoms with Crippen molar-refractivity contribution in [3.63, 3.8) is 0 Å². The van der Waals surface area contributed by atoms with Crippen LogP contribution in [0.25, 0.3) is 0 Å². The fourth-order valence-electron chi connectivity index (χ4n) is 4.04. The smallest absolute Gasteiger partial charge is 0.272 e. The Morgan fingerprint density at radius 3 is 2.96 bits per heavy atom. The lowest BCUT2D eigenvalue weighted by Gasteiger charge is -2.39. The van der Waals surface area contributed by atoms with Gasteiger partial charge in [-0.2, -0.15) is 4.31 Å². The third-order valence-electron chi connectivity index (χ3n) is 5.04. The number of likely N-dealkylation sites (N-methyl/N-ethyl adjacent to an activating group) is 1. The van der Waals surface area contributed by atoms with Crippen molar-refractivity contribution in [2.24, 2.45) is 0 Å². The molecular weight excluding hydrogens is 318 g/mol. The average molecular weight is 337 g/mol. The zero-order valence-electron chi connectivity index (χ0n) is 12.9. The van der Waals surface area contributed by atoms with E-state index >= 15 is 0 Å². The van der Waals surface area contributed by atoms with E-state index in [0.717, 1.165) is 0 Å². The summed E-state index contributed by atoms with van der Waals surface area (Å²) in [5, 5.41) is -0.540. The van der Waals surface area contributed by atoms with Crippen LogP contribution in [0.1, 0.15) is 23.8 Å². The molecule has 4 rings (SSSR count). The summed E-state index contributed by atoms with van der Waals surface area (Å²) < 4.78 is 32.8. The fraction of sp³-hybridized carbons (Fsp3) is 0.600. The molecule has 0 unspecified atom stereocenters. The third-order valence-corrected chi connectivity index (χ3v) is 7.48. The van der Waals surface area contributed by atoms with Gasteiger partial charge in [-0.1, -0.05) is 13.0 Å². The van der Waals surface area contributed by atoms with Gasteiger partial charge in [0.15, 0.2) is 0 Å². The van der Waals surface area contributed by atoms with Crippen molar-refractivity contribution >= 4 is 15.9 Å². The highest BCUT2D eigenvalue weighted by Gasteiger charge is 2.65. The molecule has 0 aromatic carbocycles. The second-order valence-electron chi connectivity index (χ2n) is 6.40. The Bertz CT molecular complexity index is 738. The van der Waals surface area contributed by atoms with E-state index in [1.807, 2.05) is 6.92 Å². The molecule has 124 valence electrons. The van der Waals surface area contributed by atoms with Gasteiger partial charge in [0, 0.05) is 25.8 Å². The van der Waals surface area contributed by atoms with Gasteiger partial charge in [0.1, 0.15) is 16.5 Å². The van der Waals surface area contributed by atoms with Gasteiger partial charge in [0.05, 0.1) is 12.6 Å². The average Bonchev–Trinajstić information content (AvgIpc) is 2.93. The second-order valence-corrected chi connectivity index (χ2v) is 8.52. The summed E-state index contributed by atoms with van der Waals surface area (Å²) in [5.41, 5.74) is -0.405. The maximum atomic E-state index is 12.7. The Balaban J connectivity index is 1.64. The Morgan fingerprint density at radius 1 is 1.43 bits per heavy atom. The van der Waals surface area contributed by atoms with Crippen LogP contribution in [0.15, 0.2) is 24.4 Å². The van der Waals surface area contributed by atoms with Gasteiger partial charge in [-0.05, 0) is 18.6 Å². The maximum Gasteiger partial charge on any atom is 0.272 e. The molecule has 8 heteroatoms. The number of nitrogens with zero attached hydrogens (tertiary/aromatic N) is 3. The van der Waals surface area contributed by atoms with Gasteiger partial charge in [-0.3, -0.25) is 9.78 Å². The fourth-order valence-corrected chi connectivity index (χ4v) is 6.37. The number of morpholine rings is 1. The zero-order chi connectivity index (χ0) is 16.2. The summed E-state index contributed by atoms with van der Waals surface area (Å²) >= 11 is 0. The normalized spacial score (nSPS) is 35.3. The van der Waals surface area contributed by atoms with Crippen LogP contribution < -0.4 is 0 Å². The minimum Gasteiger partial charge on any atom is -0.365 e. The number of hydrogen-bond acceptors (Lipinski definition) is 5. The minimum atomic E-state index is -3.34. The maximum absolute atomic E-state index is 12.7. The monoisotopic (exact) mass is 337 g/mol. The molecule has 0 aliphatic carbocycles. The van der Waals surface area contributed by atoms with Gasteiger partial charge in [-0.25, -0.2) is 8.42 Å². The standard InChI is InChI=1S/C15H19N3O4S/c1-2-18-10-15-9-17(14(19)12-5-3-4-6-16-12)8-11(22-15)7-13(15)23(18,20)21/h3-6,11,13H,2,7-10H2,1H3/t11-,13+,15+/m1/s1. The number of aromatic nitrogens is 1. The van der Waals surface area contributed by atoms with Gasteiger partial charge in [0.25, 0.3) is 5.91 Å². The van der Waals surface area contributed by atoms with E-state index in [-0.39, 0.29) is 12.0 Å². The molecule has 3 aliphatic heterocycles. The van der Waals surface area contributed by atoms with Gasteiger partial charge in [0.2, 0.25) is 10.0 Å². The molecule has 3 fully saturated rings. The van der Waals surface area contributed by atoms with Gasteiger partial charge >= 0.3 is 0 Å². The number of likely N-dealkylation sites (tertiary alicyclic amines) is 1. The highest BCUT2D eigenvalue weighted by Crippen LogP contribution is 2.46. The van der Waals surface area contributed by atoms with Crippen LogP contribution in [0.2, 0.25) is 0 Å². The summed E-state index contributed by atoms with van der Waals surface area (Å²) in [6, 6.07) is 5.21. The van der Waals surface area contributed by atoms with Crippen LogP contribution in [-0.4, -0.2) is 71.6 Å². The molecule has 0 N–H and O–H groups in total. The lowest BCUT2D eigenvalue weighted by Crippen LogP contribution is -2.56. The number of carbonyl (C=O) groups is 1. The summed E-state index contributed by atoms with van der Waals surface area (Å²) in [6.07, 6.45) is 1.84. The quantitative estimate of drug-likeness (QED) is 0.765. The summed E-state index contributed by atoms with van der Waals surface area (Å²) in [6.45, 7) is 3.32. The number of amides is 1. The van der Waals surface area contributed by atoms with Crippen LogP contribution in [0.4, 0.5) is 0 Å². The minimum absolute atomic E-state index is 0.161. The molecule has 1 spiro atoms. The molecule has 3 saturated heterocycles. The first-order chi connectivity index (χ1) is 11.0. The summed E-state index contributed by atoms with van der Waals surface area (Å²) in [4.78, 5) is 18.5. The van der Waals surface area contributed by atoms with Crippen LogP contribution in [0.5, 0.6) is 0 Å². The molecule has 3 aliphatic rings. The molecule has 3 atom stereocenters. The van der Waals surface area contributed by atoms with Crippen LogP contribution >= 0.6 is 0 Å². The van der Waals surface area contributed by atoms with Crippen LogP contribution in [0.3, 0.4) is 0 Å². The predicted octanol–water partition coefficient (Wildman–Crippen LogP) is 0.0990. The first-order valence-electron chi connectivity index (χ1n) is 7.83. The Labute approximate surface area is 135 Å². The molecule has 1 aromatic rings. The van der Waals surface area contributed by atoms with Gasteiger partial charge in [-0.15, -0.1) is 0 Å². The molecule has 2 bridgehead atoms. The van der Waals surface area contributed by atoms with Gasteiger partial charge < -0.3 is 9.64 Å². The third kappa shape index (κ3) is 2.12. The number of pyridine rings is 1. The number of hydrogen-bond donors (Lipinski definition) is 0. The first-order valence-corrected chi connectivity index (χ1v) is 9.34. The molecule has 0 saturated carbocycles. The molecule has 7 nitrogen and oxygen atoms in total. The molecule has 4 heterocycles. The van der Waals surface area contributed by atoms with E-state index in [1.54, 1.807) is 29.3 Å². The largest absolute Gasteiger partial charge is 0.365 e. The Kier molecular flexibility index (Phi) is 3.26. The Hall–Kier alpha value is -1.51. The molecule has 1 amide bonds. The van der Waals surface area contributed by atoms with E-state index in [1.165, 1.54) is 4.31 Å². The van der Waals surface area contributed by atoms with Crippen molar-refractivity contribution in [1.29, 1.82) is 0 Å². The van der Waals surface area contributed by atoms with Crippen molar-refractivity contribution in [3.8, 4) is 0 Å². The molecule has 23 heavy (non-hydrogen) atoms. The SMILES string of the molecule is CCN1C[C@@]23CN(C(=O)c4ccccn4)C[C@@H](C[C@@H]2S1(=O)=O)O3. The highest BCUT2D eigenvalue weighted by molar-refractivity contribution is 7.90. The molecule has 1 aromatic heterocycles. The van der Waals surface area contributed by atoms with E-state index in [2.05, 4.69) is 4.98 Å². The number of fused-ring (bicyclic) bond motifs is 1. The number of carbonyl (C=O) groups excluding carboxylic acids is 1. The Morgan fingerprint density at radius 2 is 2.26 bits per heavy atom. The summed E-state index contributed by atoms with van der Waals surface area (Å²) in [7, 11) is -3.34. The van der Waals surface area contributed by atoms with E-state index in [0.29, 0.717) is 38.3 Å². The van der Waals surface area contributed by atoms with Crippen molar-refractivity contribution in [1.82, 2.24) is 14.2 Å². The van der Waals surface area contributed by atoms with Crippen molar-refractivity contribution < 1.29 is 17.9 Å². The lowest BCUT2D eigenvalue weighted by atomic mass is 9.99. The van der Waals surface area contributed by atoms with E-state index in [4.69, 9.17) is 4.74 Å². The zero-order valence-corrected chi connectivity index (χ0v) is 13.7. The summed E-state index contributed by atoms with van der Waals surface area (Å²) in [5.74, 6) is -0.161. The lowest BCUT2D eigenvalue weighted by molar-refractivity contribution is -0.0975. The van der Waals surface area contributed by atoms with Crippen LogP contribution in [-0.2, 0) is 14.8 Å². The van der Waals surface area contributed by atoms with Crippen molar-refractivity contribution in [2.75, 3.05) is 26.2 Å². The number of sulfonamides is 1. The molecular formula is C15H19N3O4S. The van der Waals surface area contributed by atoms with Crippen molar-refractivity contribution in [2.45, 2.75) is 30.3 Å². The molecule has 0 radical (unpaired) electrons.